The second-order valence-electron chi connectivity index (χ2n) is 12.9. The number of nitrogen functional groups attached to an aromatic ring is 1. The molecule has 1 aromatic carbocycles. The SMILES string of the molecule is CN(CC1C[C@@H](n2ccc3c(N)ncnc32)[C@H](O)[C@@H]1O)C1CC(CCc2nc3ccc(C(C)(C)C)cc3[nH]2)C1. The minimum Gasteiger partial charge on any atom is -0.390 e. The first kappa shape index (κ1) is 26.2. The lowest BCUT2D eigenvalue weighted by molar-refractivity contribution is -0.00658. The average molecular weight is 532 g/mol. The molecule has 9 heteroatoms. The summed E-state index contributed by atoms with van der Waals surface area (Å²) >= 11 is 0. The molecular formula is C30H41N7O2. The lowest BCUT2D eigenvalue weighted by Gasteiger charge is -2.42. The predicted molar refractivity (Wildman–Crippen MR) is 153 cm³/mol. The highest BCUT2D eigenvalue weighted by Crippen LogP contribution is 2.40. The number of nitrogens with two attached hydrogens (primary N) is 1. The number of H-pyrrole nitrogens is 1. The van der Waals surface area contributed by atoms with Crippen LogP contribution in [0.15, 0.2) is 36.8 Å². The fourth-order valence-electron chi connectivity index (χ4n) is 6.62. The average Bonchev–Trinajstić information content (AvgIpc) is 3.54. The fourth-order valence-corrected chi connectivity index (χ4v) is 6.62. The number of fused-ring (bicyclic) bond motifs is 2. The molecule has 208 valence electrons. The number of anilines is 1. The summed E-state index contributed by atoms with van der Waals surface area (Å²) in [4.78, 5) is 19.2. The zero-order valence-electron chi connectivity index (χ0n) is 23.4. The molecule has 3 aromatic heterocycles. The molecule has 2 saturated carbocycles. The van der Waals surface area contributed by atoms with Gasteiger partial charge in [-0.15, -0.1) is 0 Å². The molecule has 6 rings (SSSR count). The standard InChI is InChI=1S/C30H41N7O2/c1-30(2,3)19-6-7-22-23(14-19)35-25(34-22)8-5-17-11-20(12-17)36(4)15-18-13-24(27(39)26(18)38)37-10-9-21-28(31)32-16-33-29(21)37/h6-7,9-10,14,16-18,20,24,26-27,38-39H,5,8,11-13,15H2,1-4H3,(H,34,35)(H2,31,32,33)/t17?,18?,20?,24-,26-,27+/m1/s1. The third-order valence-corrected chi connectivity index (χ3v) is 9.21. The molecule has 0 radical (unpaired) electrons. The molecule has 2 aliphatic carbocycles. The molecule has 5 N–H and O–H groups in total. The zero-order chi connectivity index (χ0) is 27.5. The molecule has 39 heavy (non-hydrogen) atoms. The second-order valence-corrected chi connectivity index (χ2v) is 12.9. The number of aromatic nitrogens is 5. The van der Waals surface area contributed by atoms with Gasteiger partial charge < -0.3 is 30.4 Å². The van der Waals surface area contributed by atoms with Gasteiger partial charge in [-0.3, -0.25) is 0 Å². The van der Waals surface area contributed by atoms with Crippen molar-refractivity contribution in [3.05, 3.63) is 48.2 Å². The Kier molecular flexibility index (Phi) is 6.64. The molecule has 1 unspecified atom stereocenters. The Labute approximate surface area is 229 Å². The van der Waals surface area contributed by atoms with E-state index in [1.165, 1.54) is 11.9 Å². The van der Waals surface area contributed by atoms with E-state index >= 15 is 0 Å². The number of aromatic amines is 1. The van der Waals surface area contributed by atoms with Gasteiger partial charge in [0.25, 0.3) is 0 Å². The Bertz CT molecular complexity index is 1470. The van der Waals surface area contributed by atoms with Crippen LogP contribution < -0.4 is 5.73 Å². The monoisotopic (exact) mass is 531 g/mol. The maximum absolute atomic E-state index is 10.9. The Morgan fingerprint density at radius 3 is 2.67 bits per heavy atom. The molecule has 3 heterocycles. The molecule has 0 bridgehead atoms. The first-order valence-corrected chi connectivity index (χ1v) is 14.2. The maximum atomic E-state index is 10.9. The number of rotatable bonds is 7. The van der Waals surface area contributed by atoms with Crippen LogP contribution in [0, 0.1) is 11.8 Å². The smallest absolute Gasteiger partial charge is 0.145 e. The number of nitrogens with zero attached hydrogens (tertiary/aromatic N) is 5. The van der Waals surface area contributed by atoms with Crippen molar-refractivity contribution in [2.24, 2.45) is 11.8 Å². The van der Waals surface area contributed by atoms with Crippen LogP contribution in [0.2, 0.25) is 0 Å². The number of benzene rings is 1. The van der Waals surface area contributed by atoms with E-state index in [0.29, 0.717) is 29.8 Å². The van der Waals surface area contributed by atoms with Crippen molar-refractivity contribution in [1.29, 1.82) is 0 Å². The van der Waals surface area contributed by atoms with Crippen molar-refractivity contribution < 1.29 is 10.2 Å². The molecule has 4 aromatic rings. The summed E-state index contributed by atoms with van der Waals surface area (Å²) in [5.74, 6) is 2.20. The quantitative estimate of drug-likeness (QED) is 0.285. The third kappa shape index (κ3) is 4.92. The number of hydrogen-bond acceptors (Lipinski definition) is 7. The lowest BCUT2D eigenvalue weighted by Crippen LogP contribution is -2.46. The molecule has 2 aliphatic rings. The predicted octanol–water partition coefficient (Wildman–Crippen LogP) is 3.81. The van der Waals surface area contributed by atoms with Gasteiger partial charge in [0.05, 0.1) is 28.6 Å². The van der Waals surface area contributed by atoms with Crippen LogP contribution in [0.4, 0.5) is 5.82 Å². The number of aryl methyl sites for hydroxylation is 1. The van der Waals surface area contributed by atoms with Gasteiger partial charge in [0, 0.05) is 31.1 Å². The van der Waals surface area contributed by atoms with Gasteiger partial charge in [0.2, 0.25) is 0 Å². The first-order chi connectivity index (χ1) is 18.6. The Morgan fingerprint density at radius 2 is 1.90 bits per heavy atom. The molecule has 0 amide bonds. The van der Waals surface area contributed by atoms with Crippen LogP contribution in [0.3, 0.4) is 0 Å². The number of nitrogens with one attached hydrogen (secondary N) is 1. The van der Waals surface area contributed by atoms with E-state index in [9.17, 15) is 10.2 Å². The van der Waals surface area contributed by atoms with E-state index < -0.39 is 12.2 Å². The van der Waals surface area contributed by atoms with Crippen molar-refractivity contribution >= 4 is 27.9 Å². The van der Waals surface area contributed by atoms with E-state index in [2.05, 4.69) is 65.9 Å². The van der Waals surface area contributed by atoms with Crippen molar-refractivity contribution in [2.45, 2.75) is 82.6 Å². The lowest BCUT2D eigenvalue weighted by atomic mass is 9.76. The summed E-state index contributed by atoms with van der Waals surface area (Å²) in [7, 11) is 2.15. The number of imidazole rings is 1. The Morgan fingerprint density at radius 1 is 1.10 bits per heavy atom. The highest BCUT2D eigenvalue weighted by Gasteiger charge is 2.44. The van der Waals surface area contributed by atoms with E-state index in [-0.39, 0.29) is 17.4 Å². The zero-order valence-corrected chi connectivity index (χ0v) is 23.4. The normalized spacial score (nSPS) is 27.6. The largest absolute Gasteiger partial charge is 0.390 e. The van der Waals surface area contributed by atoms with Crippen LogP contribution in [0.1, 0.15) is 63.9 Å². The number of aliphatic hydroxyl groups excluding tert-OH is 2. The summed E-state index contributed by atoms with van der Waals surface area (Å²) in [6, 6.07) is 8.72. The highest BCUT2D eigenvalue weighted by molar-refractivity contribution is 5.86. The highest BCUT2D eigenvalue weighted by atomic mass is 16.3. The van der Waals surface area contributed by atoms with E-state index in [1.54, 1.807) is 0 Å². The van der Waals surface area contributed by atoms with Gasteiger partial charge in [0.15, 0.2) is 0 Å². The fraction of sp³-hybridized carbons (Fsp3) is 0.567. The van der Waals surface area contributed by atoms with Crippen LogP contribution >= 0.6 is 0 Å². The van der Waals surface area contributed by atoms with Crippen molar-refractivity contribution in [3.8, 4) is 0 Å². The molecule has 0 saturated heterocycles. The van der Waals surface area contributed by atoms with Crippen LogP contribution in [-0.4, -0.2) is 71.5 Å². The van der Waals surface area contributed by atoms with Crippen LogP contribution in [-0.2, 0) is 11.8 Å². The van der Waals surface area contributed by atoms with E-state index in [1.807, 2.05) is 16.8 Å². The van der Waals surface area contributed by atoms with E-state index in [0.717, 1.165) is 54.5 Å². The molecule has 4 atom stereocenters. The Balaban J connectivity index is 1.01. The molecule has 9 nitrogen and oxygen atoms in total. The number of aliphatic hydroxyl groups is 2. The van der Waals surface area contributed by atoms with Gasteiger partial charge in [-0.2, -0.15) is 0 Å². The third-order valence-electron chi connectivity index (χ3n) is 9.21. The van der Waals surface area contributed by atoms with E-state index in [4.69, 9.17) is 10.7 Å². The Hall–Kier alpha value is -3.01. The minimum absolute atomic E-state index is 0.000720. The summed E-state index contributed by atoms with van der Waals surface area (Å²) in [6.45, 7) is 7.47. The maximum Gasteiger partial charge on any atom is 0.145 e. The van der Waals surface area contributed by atoms with Gasteiger partial charge in [-0.1, -0.05) is 26.8 Å². The molecule has 0 aliphatic heterocycles. The van der Waals surface area contributed by atoms with Crippen LogP contribution in [0.25, 0.3) is 22.1 Å². The van der Waals surface area contributed by atoms with Crippen molar-refractivity contribution in [3.63, 3.8) is 0 Å². The molecule has 0 spiro atoms. The van der Waals surface area contributed by atoms with Crippen molar-refractivity contribution in [2.75, 3.05) is 19.3 Å². The van der Waals surface area contributed by atoms with Gasteiger partial charge in [-0.05, 0) is 67.8 Å². The summed E-state index contributed by atoms with van der Waals surface area (Å²) in [6.07, 6.45) is 6.86. The number of hydrogen-bond donors (Lipinski definition) is 4. The summed E-state index contributed by atoms with van der Waals surface area (Å²) in [5.41, 5.74) is 10.3. The summed E-state index contributed by atoms with van der Waals surface area (Å²) < 4.78 is 1.95. The van der Waals surface area contributed by atoms with Gasteiger partial charge >= 0.3 is 0 Å². The molecule has 2 fully saturated rings. The topological polar surface area (TPSA) is 129 Å². The molecular weight excluding hydrogens is 490 g/mol. The van der Waals surface area contributed by atoms with Crippen LogP contribution in [0.5, 0.6) is 0 Å². The van der Waals surface area contributed by atoms with Gasteiger partial charge in [0.1, 0.15) is 29.7 Å². The summed E-state index contributed by atoms with van der Waals surface area (Å²) in [5, 5.41) is 22.6. The second kappa shape index (κ2) is 9.87. The van der Waals surface area contributed by atoms with Gasteiger partial charge in [-0.25, -0.2) is 15.0 Å². The first-order valence-electron chi connectivity index (χ1n) is 14.2. The minimum atomic E-state index is -0.840. The van der Waals surface area contributed by atoms with Crippen molar-refractivity contribution in [1.82, 2.24) is 29.4 Å².